The minimum atomic E-state index is -0.921. The van der Waals surface area contributed by atoms with Crippen LogP contribution in [-0.2, 0) is 9.59 Å². The Morgan fingerprint density at radius 3 is 1.03 bits per heavy atom. The summed E-state index contributed by atoms with van der Waals surface area (Å²) in [5.74, 6) is -2.55. The van der Waals surface area contributed by atoms with Gasteiger partial charge in [-0.05, 0) is 63.2 Å². The first kappa shape index (κ1) is 43.6. The summed E-state index contributed by atoms with van der Waals surface area (Å²) in [7, 11) is 0. The maximum atomic E-state index is 11.5. The van der Waals surface area contributed by atoms with Crippen molar-refractivity contribution in [2.45, 2.75) is 128 Å². The van der Waals surface area contributed by atoms with Gasteiger partial charge in [0.15, 0.2) is 0 Å². The Bertz CT molecular complexity index is 577. The molecule has 0 rings (SSSR count). The van der Waals surface area contributed by atoms with Crippen molar-refractivity contribution in [3.63, 3.8) is 0 Å². The zero-order valence-corrected chi connectivity index (χ0v) is 31.1. The Balaban J connectivity index is -0.00000612. The van der Waals surface area contributed by atoms with Crippen molar-refractivity contribution in [2.75, 3.05) is 0 Å². The molecule has 0 saturated carbocycles. The molecule has 0 aliphatic carbocycles. The maximum Gasteiger partial charge on any atom is 1.00 e. The standard InChI is InChI=1S/C32H54O4.2K/c1-3-5-7-9-11-13-15-17-21-25-29(31(33)34)27-23-19-20-24-28-30(32(35)36)26-22-18-16-14-12-10-8-6-4-2;;/h3-8,29-30H,1-2,9-28H2,(H,33,34)(H,35,36);;/q;2*+1/p-2/b7-5+,8-6+;;. The fraction of sp³-hybridized carbons (Fsp3) is 0.688. The first-order valence-corrected chi connectivity index (χ1v) is 14.5. The molecule has 0 fully saturated rings. The van der Waals surface area contributed by atoms with Crippen LogP contribution in [0.2, 0.25) is 0 Å². The van der Waals surface area contributed by atoms with Gasteiger partial charge in [-0.25, -0.2) is 0 Å². The molecule has 0 N–H and O–H groups in total. The number of unbranched alkanes of at least 4 members (excludes halogenated alkanes) is 13. The second-order valence-electron chi connectivity index (χ2n) is 10.0. The third kappa shape index (κ3) is 30.1. The average Bonchev–Trinajstić information content (AvgIpc) is 2.85. The van der Waals surface area contributed by atoms with Crippen molar-refractivity contribution >= 4 is 11.9 Å². The van der Waals surface area contributed by atoms with Crippen molar-refractivity contribution in [3.05, 3.63) is 49.6 Å². The van der Waals surface area contributed by atoms with Crippen LogP contribution >= 0.6 is 0 Å². The number of carboxylic acids is 2. The second-order valence-corrected chi connectivity index (χ2v) is 10.0. The van der Waals surface area contributed by atoms with Crippen LogP contribution in [0, 0.1) is 11.8 Å². The Hall–Kier alpha value is 1.17. The number of aliphatic carboxylic acids is 2. The molecular weight excluding hydrogens is 527 g/mol. The quantitative estimate of drug-likeness (QED) is 0.0828. The summed E-state index contributed by atoms with van der Waals surface area (Å²) in [5.41, 5.74) is 0. The molecule has 0 bridgehead atoms. The molecule has 0 radical (unpaired) electrons. The van der Waals surface area contributed by atoms with E-state index in [1.807, 2.05) is 12.2 Å². The van der Waals surface area contributed by atoms with E-state index < -0.39 is 11.9 Å². The number of hydrogen-bond acceptors (Lipinski definition) is 4. The molecule has 4 nitrogen and oxygen atoms in total. The monoisotopic (exact) mass is 578 g/mol. The number of rotatable bonds is 27. The van der Waals surface area contributed by atoms with Crippen molar-refractivity contribution in [1.29, 1.82) is 0 Å². The Morgan fingerprint density at radius 1 is 0.500 bits per heavy atom. The fourth-order valence-electron chi connectivity index (χ4n) is 4.65. The third-order valence-corrected chi connectivity index (χ3v) is 6.91. The van der Waals surface area contributed by atoms with E-state index in [9.17, 15) is 19.8 Å². The topological polar surface area (TPSA) is 80.3 Å². The van der Waals surface area contributed by atoms with Gasteiger partial charge in [-0.15, -0.1) is 0 Å². The Labute approximate surface area is 319 Å². The van der Waals surface area contributed by atoms with Gasteiger partial charge in [0, 0.05) is 11.9 Å². The Morgan fingerprint density at radius 2 is 0.763 bits per heavy atom. The maximum absolute atomic E-state index is 11.5. The molecule has 0 heterocycles. The van der Waals surface area contributed by atoms with Crippen LogP contribution in [0.25, 0.3) is 0 Å². The van der Waals surface area contributed by atoms with E-state index in [1.165, 1.54) is 25.7 Å². The van der Waals surface area contributed by atoms with Crippen molar-refractivity contribution in [1.82, 2.24) is 0 Å². The normalized spacial score (nSPS) is 12.5. The molecule has 0 aromatic carbocycles. The number of carbonyl (C=O) groups is 2. The van der Waals surface area contributed by atoms with E-state index in [0.29, 0.717) is 25.7 Å². The Kier molecular flexibility index (Phi) is 39.5. The van der Waals surface area contributed by atoms with Crippen LogP contribution in [0.15, 0.2) is 49.6 Å². The van der Waals surface area contributed by atoms with Gasteiger partial charge < -0.3 is 19.8 Å². The number of hydrogen-bond donors (Lipinski definition) is 0. The molecule has 2 atom stereocenters. The number of allylic oxidation sites excluding steroid dienone is 6. The molecule has 206 valence electrons. The summed E-state index contributed by atoms with van der Waals surface area (Å²) in [6.45, 7) is 7.31. The minimum absolute atomic E-state index is 0. The fourth-order valence-corrected chi connectivity index (χ4v) is 4.65. The minimum Gasteiger partial charge on any atom is -0.550 e. The summed E-state index contributed by atoms with van der Waals surface area (Å²) in [6.07, 6.45) is 31.4. The molecule has 0 aromatic heterocycles. The van der Waals surface area contributed by atoms with Gasteiger partial charge in [-0.3, -0.25) is 0 Å². The predicted molar refractivity (Wildman–Crippen MR) is 148 cm³/mol. The summed E-state index contributed by atoms with van der Waals surface area (Å²) < 4.78 is 0. The first-order valence-electron chi connectivity index (χ1n) is 14.5. The molecule has 38 heavy (non-hydrogen) atoms. The van der Waals surface area contributed by atoms with Crippen molar-refractivity contribution < 1.29 is 123 Å². The smallest absolute Gasteiger partial charge is 0.550 e. The average molecular weight is 579 g/mol. The van der Waals surface area contributed by atoms with Crippen molar-refractivity contribution in [2.24, 2.45) is 11.8 Å². The molecule has 0 amide bonds. The van der Waals surface area contributed by atoms with Crippen LogP contribution in [0.3, 0.4) is 0 Å². The van der Waals surface area contributed by atoms with E-state index in [1.54, 1.807) is 12.2 Å². The van der Waals surface area contributed by atoms with E-state index in [2.05, 4.69) is 25.3 Å². The van der Waals surface area contributed by atoms with Gasteiger partial charge in [-0.2, -0.15) is 0 Å². The van der Waals surface area contributed by atoms with Crippen LogP contribution in [0.1, 0.15) is 128 Å². The van der Waals surface area contributed by atoms with E-state index in [0.717, 1.165) is 77.0 Å². The summed E-state index contributed by atoms with van der Waals surface area (Å²) >= 11 is 0. The third-order valence-electron chi connectivity index (χ3n) is 6.91. The van der Waals surface area contributed by atoms with Gasteiger partial charge >= 0.3 is 103 Å². The summed E-state index contributed by atoms with van der Waals surface area (Å²) in [6, 6.07) is 0. The zero-order valence-electron chi connectivity index (χ0n) is 24.8. The molecule has 0 spiro atoms. The van der Waals surface area contributed by atoms with Crippen LogP contribution in [0.4, 0.5) is 0 Å². The summed E-state index contributed by atoms with van der Waals surface area (Å²) in [5, 5.41) is 22.9. The first-order chi connectivity index (χ1) is 17.5. The van der Waals surface area contributed by atoms with Gasteiger partial charge in [0.05, 0.1) is 0 Å². The molecule has 0 saturated heterocycles. The molecule has 6 heteroatoms. The van der Waals surface area contributed by atoms with Gasteiger partial charge in [0.25, 0.3) is 0 Å². The van der Waals surface area contributed by atoms with E-state index in [4.69, 9.17) is 0 Å². The summed E-state index contributed by atoms with van der Waals surface area (Å²) in [4.78, 5) is 22.9. The second kappa shape index (κ2) is 34.4. The number of carboxylic acid groups (broad SMARTS) is 2. The molecular formula is C32H52K2O4. The van der Waals surface area contributed by atoms with Gasteiger partial charge in [-0.1, -0.05) is 127 Å². The zero-order chi connectivity index (χ0) is 26.7. The van der Waals surface area contributed by atoms with E-state index in [-0.39, 0.29) is 115 Å². The van der Waals surface area contributed by atoms with Gasteiger partial charge in [0.2, 0.25) is 0 Å². The molecule has 0 aliphatic heterocycles. The van der Waals surface area contributed by atoms with Crippen LogP contribution in [-0.4, -0.2) is 11.9 Å². The molecule has 0 aromatic rings. The molecule has 0 aliphatic rings. The largest absolute Gasteiger partial charge is 1.00 e. The van der Waals surface area contributed by atoms with Crippen LogP contribution in [0.5, 0.6) is 0 Å². The van der Waals surface area contributed by atoms with Gasteiger partial charge in [0.1, 0.15) is 0 Å². The van der Waals surface area contributed by atoms with E-state index >= 15 is 0 Å². The molecule has 2 unspecified atom stereocenters. The van der Waals surface area contributed by atoms with Crippen LogP contribution < -0.4 is 113 Å². The number of carbonyl (C=O) groups excluding carboxylic acids is 2. The SMILES string of the molecule is C=C/C=C/CCCCCCCC(CCCCCCC(CCCCCCC/C=C/C=C)C(=O)[O-])C(=O)[O-].[K+].[K+]. The van der Waals surface area contributed by atoms with Crippen molar-refractivity contribution in [3.8, 4) is 0 Å². The predicted octanol–water partition coefficient (Wildman–Crippen LogP) is 1.01.